The number of hydrogen-bond donors (Lipinski definition) is 2. The van der Waals surface area contributed by atoms with Crippen molar-refractivity contribution in [2.24, 2.45) is 5.10 Å². The lowest BCUT2D eigenvalue weighted by molar-refractivity contribution is -0.384. The molecule has 0 bridgehead atoms. The van der Waals surface area contributed by atoms with E-state index in [1.54, 1.807) is 24.3 Å². The predicted molar refractivity (Wildman–Crippen MR) is 95.5 cm³/mol. The number of methoxy groups -OCH3 is 1. The first-order valence-electron chi connectivity index (χ1n) is 7.13. The van der Waals surface area contributed by atoms with E-state index in [9.17, 15) is 19.7 Å². The fraction of sp³-hybridized carbons (Fsp3) is 0.0625. The van der Waals surface area contributed by atoms with Gasteiger partial charge >= 0.3 is 11.8 Å². The molecule has 0 radical (unpaired) electrons. The Morgan fingerprint density at radius 3 is 2.65 bits per heavy atom. The summed E-state index contributed by atoms with van der Waals surface area (Å²) in [6.45, 7) is 0. The topological polar surface area (TPSA) is 123 Å². The van der Waals surface area contributed by atoms with Gasteiger partial charge in [0.1, 0.15) is 10.8 Å². The molecule has 0 saturated carbocycles. The Bertz CT molecular complexity index is 885. The van der Waals surface area contributed by atoms with E-state index in [0.29, 0.717) is 17.0 Å². The first-order chi connectivity index (χ1) is 12.4. The zero-order valence-corrected chi connectivity index (χ0v) is 14.2. The molecule has 0 aliphatic heterocycles. The van der Waals surface area contributed by atoms with E-state index in [1.807, 2.05) is 5.43 Å². The first kappa shape index (κ1) is 18.9. The van der Waals surface area contributed by atoms with Crippen molar-refractivity contribution >= 4 is 41.0 Å². The Morgan fingerprint density at radius 2 is 1.96 bits per heavy atom. The minimum atomic E-state index is -1.02. The molecule has 0 fully saturated rings. The molecule has 0 aromatic heterocycles. The van der Waals surface area contributed by atoms with Gasteiger partial charge in [0.05, 0.1) is 23.9 Å². The van der Waals surface area contributed by atoms with E-state index in [2.05, 4.69) is 10.4 Å². The van der Waals surface area contributed by atoms with Crippen molar-refractivity contribution in [3.8, 4) is 5.75 Å². The van der Waals surface area contributed by atoms with E-state index in [0.717, 1.165) is 6.21 Å². The quantitative estimate of drug-likeness (QED) is 0.359. The van der Waals surface area contributed by atoms with Crippen LogP contribution in [0.15, 0.2) is 47.6 Å². The molecule has 0 unspecified atom stereocenters. The number of rotatable bonds is 5. The zero-order valence-electron chi connectivity index (χ0n) is 13.4. The molecule has 10 heteroatoms. The van der Waals surface area contributed by atoms with Crippen LogP contribution < -0.4 is 15.5 Å². The molecule has 2 aromatic carbocycles. The maximum absolute atomic E-state index is 11.9. The van der Waals surface area contributed by atoms with Crippen molar-refractivity contribution in [2.45, 2.75) is 0 Å². The van der Waals surface area contributed by atoms with Crippen LogP contribution in [0.25, 0.3) is 0 Å². The standard InChI is InChI=1S/C16H13ClN4O5/c1-26-14-5-3-2-4-12(14)19-15(22)16(23)20-18-9-10-6-7-11(17)13(8-10)21(24)25/h2-9H,1H3,(H,19,22)(H,20,23)/b18-9+. The number of carbonyl (C=O) groups excluding carboxylic acids is 2. The number of hydrogen-bond acceptors (Lipinski definition) is 6. The number of nitrogens with one attached hydrogen (secondary N) is 2. The third kappa shape index (κ3) is 4.77. The van der Waals surface area contributed by atoms with Crippen LogP contribution in [0.3, 0.4) is 0 Å². The molecule has 0 aliphatic rings. The van der Waals surface area contributed by atoms with Crippen molar-refractivity contribution in [1.29, 1.82) is 0 Å². The first-order valence-corrected chi connectivity index (χ1v) is 7.51. The number of anilines is 1. The van der Waals surface area contributed by atoms with E-state index >= 15 is 0 Å². The second-order valence-corrected chi connectivity index (χ2v) is 5.23. The largest absolute Gasteiger partial charge is 0.495 e. The summed E-state index contributed by atoms with van der Waals surface area (Å²) in [5.74, 6) is -1.57. The van der Waals surface area contributed by atoms with Crippen molar-refractivity contribution in [3.63, 3.8) is 0 Å². The highest BCUT2D eigenvalue weighted by Crippen LogP contribution is 2.24. The van der Waals surface area contributed by atoms with E-state index in [-0.39, 0.29) is 10.7 Å². The Morgan fingerprint density at radius 1 is 1.23 bits per heavy atom. The molecule has 0 atom stereocenters. The summed E-state index contributed by atoms with van der Waals surface area (Å²) in [5, 5.41) is 16.8. The Hall–Kier alpha value is -3.46. The lowest BCUT2D eigenvalue weighted by atomic mass is 10.2. The number of para-hydroxylation sites is 2. The number of ether oxygens (including phenoxy) is 1. The van der Waals surface area contributed by atoms with Crippen molar-refractivity contribution < 1.29 is 19.2 Å². The van der Waals surface area contributed by atoms with Gasteiger partial charge in [-0.1, -0.05) is 29.8 Å². The predicted octanol–water partition coefficient (Wildman–Crippen LogP) is 2.35. The summed E-state index contributed by atoms with van der Waals surface area (Å²) >= 11 is 5.70. The number of benzene rings is 2. The number of hydrazone groups is 1. The third-order valence-corrected chi connectivity index (χ3v) is 3.43. The summed E-state index contributed by atoms with van der Waals surface area (Å²) < 4.78 is 5.06. The molecular weight excluding hydrogens is 364 g/mol. The second-order valence-electron chi connectivity index (χ2n) is 4.82. The van der Waals surface area contributed by atoms with Gasteiger partial charge in [-0.3, -0.25) is 19.7 Å². The second kappa shape index (κ2) is 8.58. The number of halogens is 1. The van der Waals surface area contributed by atoms with Crippen molar-refractivity contribution in [2.75, 3.05) is 12.4 Å². The Kier molecular flexibility index (Phi) is 6.23. The molecule has 134 valence electrons. The number of nitro benzene ring substituents is 1. The molecule has 0 heterocycles. The molecule has 2 amide bonds. The summed E-state index contributed by atoms with van der Waals surface area (Å²) in [6.07, 6.45) is 1.15. The normalized spacial score (nSPS) is 10.4. The SMILES string of the molecule is COc1ccccc1NC(=O)C(=O)N/N=C/c1ccc(Cl)c([N+](=O)[O-])c1. The highest BCUT2D eigenvalue weighted by atomic mass is 35.5. The van der Waals surface area contributed by atoms with E-state index < -0.39 is 16.7 Å². The van der Waals surface area contributed by atoms with Crippen LogP contribution in [-0.4, -0.2) is 30.1 Å². The van der Waals surface area contributed by atoms with Gasteiger partial charge < -0.3 is 10.1 Å². The summed E-state index contributed by atoms with van der Waals surface area (Å²) in [6, 6.07) is 10.6. The van der Waals surface area contributed by atoms with Crippen LogP contribution in [0.2, 0.25) is 5.02 Å². The number of nitro groups is 1. The van der Waals surface area contributed by atoms with Crippen LogP contribution in [0.1, 0.15) is 5.56 Å². The number of nitrogens with zero attached hydrogens (tertiary/aromatic N) is 2. The van der Waals surface area contributed by atoms with Gasteiger partial charge in [-0.15, -0.1) is 0 Å². The maximum Gasteiger partial charge on any atom is 0.329 e. The molecule has 0 spiro atoms. The number of carbonyl (C=O) groups is 2. The fourth-order valence-electron chi connectivity index (χ4n) is 1.89. The summed E-state index contributed by atoms with van der Waals surface area (Å²) in [7, 11) is 1.43. The molecule has 9 nitrogen and oxygen atoms in total. The van der Waals surface area contributed by atoms with Gasteiger partial charge in [-0.2, -0.15) is 5.10 Å². The molecular formula is C16H13ClN4O5. The van der Waals surface area contributed by atoms with Gasteiger partial charge in [0.15, 0.2) is 0 Å². The van der Waals surface area contributed by atoms with Gasteiger partial charge in [0.2, 0.25) is 0 Å². The monoisotopic (exact) mass is 376 g/mol. The Balaban J connectivity index is 1.99. The average Bonchev–Trinajstić information content (AvgIpc) is 2.63. The van der Waals surface area contributed by atoms with Crippen LogP contribution in [0.4, 0.5) is 11.4 Å². The lowest BCUT2D eigenvalue weighted by Gasteiger charge is -2.08. The van der Waals surface area contributed by atoms with Crippen molar-refractivity contribution in [1.82, 2.24) is 5.43 Å². The molecule has 0 aliphatic carbocycles. The average molecular weight is 377 g/mol. The van der Waals surface area contributed by atoms with E-state index in [4.69, 9.17) is 16.3 Å². The highest BCUT2D eigenvalue weighted by Gasteiger charge is 2.15. The van der Waals surface area contributed by atoms with Crippen molar-refractivity contribution in [3.05, 3.63) is 63.2 Å². The molecule has 2 rings (SSSR count). The van der Waals surface area contributed by atoms with Gasteiger partial charge in [0, 0.05) is 11.6 Å². The molecule has 0 saturated heterocycles. The van der Waals surface area contributed by atoms with Crippen LogP contribution in [0.5, 0.6) is 5.75 Å². The third-order valence-electron chi connectivity index (χ3n) is 3.11. The lowest BCUT2D eigenvalue weighted by Crippen LogP contribution is -2.32. The van der Waals surface area contributed by atoms with Gasteiger partial charge in [-0.25, -0.2) is 5.43 Å². The molecule has 2 N–H and O–H groups in total. The highest BCUT2D eigenvalue weighted by molar-refractivity contribution is 6.39. The molecule has 2 aromatic rings. The maximum atomic E-state index is 11.9. The molecule has 26 heavy (non-hydrogen) atoms. The smallest absolute Gasteiger partial charge is 0.329 e. The number of amides is 2. The van der Waals surface area contributed by atoms with Crippen LogP contribution in [-0.2, 0) is 9.59 Å². The summed E-state index contributed by atoms with van der Waals surface area (Å²) in [5.41, 5.74) is 2.38. The minimum Gasteiger partial charge on any atom is -0.495 e. The van der Waals surface area contributed by atoms with Crippen LogP contribution in [0, 0.1) is 10.1 Å². The van der Waals surface area contributed by atoms with Gasteiger partial charge in [0.25, 0.3) is 5.69 Å². The Labute approximate surface area is 152 Å². The zero-order chi connectivity index (χ0) is 19.1. The summed E-state index contributed by atoms with van der Waals surface area (Å²) in [4.78, 5) is 33.8. The van der Waals surface area contributed by atoms with Crippen LogP contribution >= 0.6 is 11.6 Å². The van der Waals surface area contributed by atoms with E-state index in [1.165, 1.54) is 25.3 Å². The minimum absolute atomic E-state index is 0.0210. The van der Waals surface area contributed by atoms with Gasteiger partial charge in [-0.05, 0) is 18.2 Å². The fourth-order valence-corrected chi connectivity index (χ4v) is 2.08.